The number of rotatable bonds is 10. The van der Waals surface area contributed by atoms with Gasteiger partial charge in [-0.1, -0.05) is 36.4 Å². The topological polar surface area (TPSA) is 129 Å². The van der Waals surface area contributed by atoms with Gasteiger partial charge in [0.25, 0.3) is 0 Å². The van der Waals surface area contributed by atoms with Gasteiger partial charge in [-0.25, -0.2) is 27.7 Å². The molecule has 0 fully saturated rings. The fourth-order valence-corrected chi connectivity index (χ4v) is 5.02. The summed E-state index contributed by atoms with van der Waals surface area (Å²) in [6.07, 6.45) is 0. The van der Waals surface area contributed by atoms with Gasteiger partial charge in [0.2, 0.25) is 0 Å². The summed E-state index contributed by atoms with van der Waals surface area (Å²) in [4.78, 5) is 22.9. The van der Waals surface area contributed by atoms with Crippen LogP contribution in [0.3, 0.4) is 0 Å². The minimum absolute atomic E-state index is 0.171. The monoisotopic (exact) mass is 652 g/mol. The highest BCUT2D eigenvalue weighted by Crippen LogP contribution is 2.30. The largest absolute Gasteiger partial charge is 0.478 e. The van der Waals surface area contributed by atoms with Crippen molar-refractivity contribution < 1.29 is 38.1 Å². The van der Waals surface area contributed by atoms with E-state index >= 15 is 0 Å². The van der Waals surface area contributed by atoms with Crippen molar-refractivity contribution in [3.63, 3.8) is 0 Å². The van der Waals surface area contributed by atoms with Crippen LogP contribution in [0.25, 0.3) is 45.0 Å². The summed E-state index contributed by atoms with van der Waals surface area (Å²) in [5, 5.41) is 27.7. The molecule has 6 aromatic rings. The van der Waals surface area contributed by atoms with E-state index in [1.807, 2.05) is 0 Å². The second-order valence-corrected chi connectivity index (χ2v) is 10.4. The molecule has 0 unspecified atom stereocenters. The maximum absolute atomic E-state index is 13.2. The molecule has 2 N–H and O–H groups in total. The number of carboxylic acid groups (broad SMARTS) is 2. The molecule has 0 saturated heterocycles. The highest BCUT2D eigenvalue weighted by molar-refractivity contribution is 5.96. The number of aromatic carboxylic acids is 2. The van der Waals surface area contributed by atoms with Crippen molar-refractivity contribution in [2.75, 3.05) is 14.2 Å². The predicted molar refractivity (Wildman–Crippen MR) is 174 cm³/mol. The third-order valence-electron chi connectivity index (χ3n) is 7.21. The van der Waals surface area contributed by atoms with Crippen LogP contribution in [-0.4, -0.2) is 55.9 Å². The Hall–Kier alpha value is -5.98. The first-order valence-corrected chi connectivity index (χ1v) is 14.5. The molecule has 0 radical (unpaired) electrons. The molecule has 10 nitrogen and oxygen atoms in total. The molecule has 0 spiro atoms. The minimum atomic E-state index is -1.02. The number of nitrogens with zero attached hydrogens (tertiary/aromatic N) is 4. The molecular weight excluding hydrogens is 622 g/mol. The summed E-state index contributed by atoms with van der Waals surface area (Å²) < 4.78 is 39.8. The fraction of sp³-hybridized carbons (Fsp3) is 0.111. The van der Waals surface area contributed by atoms with Gasteiger partial charge < -0.3 is 19.7 Å². The molecule has 0 aliphatic rings. The summed E-state index contributed by atoms with van der Waals surface area (Å²) in [5.74, 6) is -2.69. The van der Waals surface area contributed by atoms with Gasteiger partial charge in [0.05, 0.1) is 33.9 Å². The van der Waals surface area contributed by atoms with Gasteiger partial charge in [0.1, 0.15) is 25.1 Å². The lowest BCUT2D eigenvalue weighted by Crippen LogP contribution is -2.06. The molecule has 0 amide bonds. The van der Waals surface area contributed by atoms with E-state index in [9.17, 15) is 28.6 Å². The molecule has 2 heterocycles. The first-order chi connectivity index (χ1) is 23.2. The van der Waals surface area contributed by atoms with Gasteiger partial charge in [0.15, 0.2) is 0 Å². The van der Waals surface area contributed by atoms with E-state index in [0.717, 1.165) is 11.1 Å². The normalized spacial score (nSPS) is 10.8. The smallest absolute Gasteiger partial charge is 0.336 e. The molecule has 48 heavy (non-hydrogen) atoms. The molecule has 4 aromatic carbocycles. The highest BCUT2D eigenvalue weighted by Gasteiger charge is 2.18. The van der Waals surface area contributed by atoms with E-state index in [1.165, 1.54) is 37.4 Å². The summed E-state index contributed by atoms with van der Waals surface area (Å²) >= 11 is 0. The minimum Gasteiger partial charge on any atom is -0.478 e. The third kappa shape index (κ3) is 7.52. The van der Waals surface area contributed by atoms with Crippen molar-refractivity contribution >= 4 is 11.9 Å². The average Bonchev–Trinajstić information content (AvgIpc) is 3.71. The molecule has 0 aliphatic heterocycles. The number of halogens is 2. The Morgan fingerprint density at radius 2 is 1.04 bits per heavy atom. The molecule has 6 rings (SSSR count). The first-order valence-electron chi connectivity index (χ1n) is 14.5. The zero-order valence-corrected chi connectivity index (χ0v) is 25.9. The Bertz CT molecular complexity index is 2040. The fourth-order valence-electron chi connectivity index (χ4n) is 5.02. The van der Waals surface area contributed by atoms with Crippen LogP contribution in [0.5, 0.6) is 0 Å². The Labute approximate surface area is 274 Å². The second kappa shape index (κ2) is 15.1. The number of carboxylic acids is 2. The SMILES string of the molecule is COCn1nc(-c2ccc(F)cc2)cc1-c1ccccc1C(=O)O.COCn1nc(-c2ccccc2C(=O)O)cc1-c1ccc(F)cc1. The van der Waals surface area contributed by atoms with E-state index in [-0.39, 0.29) is 36.2 Å². The standard InChI is InChI=1S/2C18H15FN2O3/c1-24-11-21-17(12-6-8-13(19)9-7-12)10-16(20-21)14-4-2-3-5-15(14)18(22)23;1-24-11-21-17(14-4-2-3-5-15(14)18(22)23)10-16(20-21)12-6-8-13(19)9-7-12/h2*2-10H,11H2,1H3,(H,22,23). The molecule has 0 bridgehead atoms. The lowest BCUT2D eigenvalue weighted by Gasteiger charge is -2.08. The molecule has 0 atom stereocenters. The summed E-state index contributed by atoms with van der Waals surface area (Å²) in [7, 11) is 3.08. The van der Waals surface area contributed by atoms with E-state index < -0.39 is 11.9 Å². The summed E-state index contributed by atoms with van der Waals surface area (Å²) in [6, 6.07) is 28.9. The summed E-state index contributed by atoms with van der Waals surface area (Å²) in [5.41, 5.74) is 5.38. The molecule has 244 valence electrons. The van der Waals surface area contributed by atoms with Gasteiger partial charge in [-0.15, -0.1) is 0 Å². The van der Waals surface area contributed by atoms with Gasteiger partial charge in [-0.2, -0.15) is 10.2 Å². The van der Waals surface area contributed by atoms with Crippen LogP contribution in [0.4, 0.5) is 8.78 Å². The highest BCUT2D eigenvalue weighted by atomic mass is 19.1. The second-order valence-electron chi connectivity index (χ2n) is 10.4. The summed E-state index contributed by atoms with van der Waals surface area (Å²) in [6.45, 7) is 0.367. The van der Waals surface area contributed by atoms with Crippen molar-refractivity contribution in [1.82, 2.24) is 19.6 Å². The number of benzene rings is 4. The average molecular weight is 653 g/mol. The maximum atomic E-state index is 13.2. The van der Waals surface area contributed by atoms with Crippen LogP contribution in [0, 0.1) is 11.6 Å². The van der Waals surface area contributed by atoms with Gasteiger partial charge in [-0.3, -0.25) is 0 Å². The number of methoxy groups -OCH3 is 2. The molecular formula is C36H30F2N4O6. The Kier molecular flexibility index (Phi) is 10.5. The van der Waals surface area contributed by atoms with Gasteiger partial charge in [-0.05, 0) is 72.8 Å². The molecule has 0 saturated carbocycles. The van der Waals surface area contributed by atoms with Crippen molar-refractivity contribution in [1.29, 1.82) is 0 Å². The number of aromatic nitrogens is 4. The zero-order valence-electron chi connectivity index (χ0n) is 25.9. The van der Waals surface area contributed by atoms with Gasteiger partial charge >= 0.3 is 11.9 Å². The first kappa shape index (κ1) is 33.4. The van der Waals surface area contributed by atoms with Crippen molar-refractivity contribution in [2.45, 2.75) is 13.5 Å². The van der Waals surface area contributed by atoms with E-state index in [4.69, 9.17) is 9.47 Å². The lowest BCUT2D eigenvalue weighted by molar-refractivity contribution is 0.0686. The maximum Gasteiger partial charge on any atom is 0.336 e. The number of hydrogen-bond acceptors (Lipinski definition) is 6. The number of ether oxygens (including phenoxy) is 2. The quantitative estimate of drug-likeness (QED) is 0.158. The van der Waals surface area contributed by atoms with E-state index in [0.29, 0.717) is 33.9 Å². The molecule has 2 aromatic heterocycles. The van der Waals surface area contributed by atoms with Crippen LogP contribution < -0.4 is 0 Å². The van der Waals surface area contributed by atoms with Crippen LogP contribution in [0.1, 0.15) is 20.7 Å². The Balaban J connectivity index is 0.000000188. The van der Waals surface area contributed by atoms with E-state index in [1.54, 1.807) is 95.3 Å². The van der Waals surface area contributed by atoms with Crippen LogP contribution in [-0.2, 0) is 22.9 Å². The van der Waals surface area contributed by atoms with Crippen molar-refractivity contribution in [2.24, 2.45) is 0 Å². The molecule has 12 heteroatoms. The van der Waals surface area contributed by atoms with E-state index in [2.05, 4.69) is 10.2 Å². The van der Waals surface area contributed by atoms with Crippen LogP contribution in [0.15, 0.2) is 109 Å². The van der Waals surface area contributed by atoms with Crippen LogP contribution >= 0.6 is 0 Å². The Morgan fingerprint density at radius 3 is 1.58 bits per heavy atom. The van der Waals surface area contributed by atoms with Gasteiger partial charge in [0, 0.05) is 36.5 Å². The lowest BCUT2D eigenvalue weighted by atomic mass is 10.0. The molecule has 0 aliphatic carbocycles. The Morgan fingerprint density at radius 1 is 0.604 bits per heavy atom. The van der Waals surface area contributed by atoms with Crippen LogP contribution in [0.2, 0.25) is 0 Å². The zero-order chi connectivity index (χ0) is 34.2. The van der Waals surface area contributed by atoms with Crippen molar-refractivity contribution in [3.8, 4) is 45.0 Å². The van der Waals surface area contributed by atoms with Crippen molar-refractivity contribution in [3.05, 3.63) is 132 Å². The third-order valence-corrected chi connectivity index (χ3v) is 7.21. The number of carbonyl (C=O) groups is 2. The number of hydrogen-bond donors (Lipinski definition) is 2. The predicted octanol–water partition coefficient (Wildman–Crippen LogP) is 7.32.